The molecule has 0 fully saturated rings. The Labute approximate surface area is 127 Å². The number of carbonyl (C=O) groups excluding carboxylic acids is 1. The van der Waals surface area contributed by atoms with Gasteiger partial charge in [0.15, 0.2) is 5.78 Å². The molecule has 0 aliphatic heterocycles. The summed E-state index contributed by atoms with van der Waals surface area (Å²) in [5, 5.41) is 1.51. The van der Waals surface area contributed by atoms with Gasteiger partial charge < -0.3 is 0 Å². The van der Waals surface area contributed by atoms with Crippen LogP contribution in [0.5, 0.6) is 0 Å². The standard InChI is InChI=1S/C15H11Cl3O/c1-9-7-11(16)5-6-12(9)14(19)8-10-3-2-4-13(17)15(10)18/h2-7H,8H2,1H3. The van der Waals surface area contributed by atoms with E-state index in [-0.39, 0.29) is 12.2 Å². The smallest absolute Gasteiger partial charge is 0.167 e. The van der Waals surface area contributed by atoms with Crippen molar-refractivity contribution in [2.75, 3.05) is 0 Å². The van der Waals surface area contributed by atoms with Crippen LogP contribution in [0, 0.1) is 6.92 Å². The summed E-state index contributed by atoms with van der Waals surface area (Å²) in [5.74, 6) is -0.00154. The molecular weight excluding hydrogens is 303 g/mol. The van der Waals surface area contributed by atoms with Crippen LogP contribution in [0.4, 0.5) is 0 Å². The lowest BCUT2D eigenvalue weighted by atomic mass is 9.99. The minimum atomic E-state index is -0.00154. The fraction of sp³-hybridized carbons (Fsp3) is 0.133. The largest absolute Gasteiger partial charge is 0.294 e. The lowest BCUT2D eigenvalue weighted by Crippen LogP contribution is -2.06. The van der Waals surface area contributed by atoms with Gasteiger partial charge in [0.05, 0.1) is 10.0 Å². The third-order valence-corrected chi connectivity index (χ3v) is 3.96. The zero-order chi connectivity index (χ0) is 14.0. The van der Waals surface area contributed by atoms with Crippen molar-refractivity contribution in [3.8, 4) is 0 Å². The van der Waals surface area contributed by atoms with E-state index in [1.807, 2.05) is 6.92 Å². The van der Waals surface area contributed by atoms with Gasteiger partial charge in [-0.3, -0.25) is 4.79 Å². The first kappa shape index (κ1) is 14.4. The molecule has 0 radical (unpaired) electrons. The van der Waals surface area contributed by atoms with Gasteiger partial charge in [0.2, 0.25) is 0 Å². The minimum absolute atomic E-state index is 0.00154. The van der Waals surface area contributed by atoms with Gasteiger partial charge in [-0.1, -0.05) is 46.9 Å². The van der Waals surface area contributed by atoms with Crippen LogP contribution in [0.2, 0.25) is 15.1 Å². The van der Waals surface area contributed by atoms with Crippen molar-refractivity contribution < 1.29 is 4.79 Å². The van der Waals surface area contributed by atoms with Crippen molar-refractivity contribution in [1.29, 1.82) is 0 Å². The topological polar surface area (TPSA) is 17.1 Å². The van der Waals surface area contributed by atoms with Gasteiger partial charge in [0.25, 0.3) is 0 Å². The van der Waals surface area contributed by atoms with Gasteiger partial charge in [0.1, 0.15) is 0 Å². The van der Waals surface area contributed by atoms with E-state index in [0.717, 1.165) is 11.1 Å². The zero-order valence-electron chi connectivity index (χ0n) is 10.2. The molecule has 0 aliphatic carbocycles. The van der Waals surface area contributed by atoms with E-state index >= 15 is 0 Å². The second-order valence-corrected chi connectivity index (χ2v) is 5.49. The first-order valence-corrected chi connectivity index (χ1v) is 6.84. The van der Waals surface area contributed by atoms with Crippen molar-refractivity contribution in [1.82, 2.24) is 0 Å². The average molecular weight is 314 g/mol. The maximum Gasteiger partial charge on any atom is 0.167 e. The Bertz CT molecular complexity index is 635. The SMILES string of the molecule is Cc1cc(Cl)ccc1C(=O)Cc1cccc(Cl)c1Cl. The Morgan fingerprint density at radius 1 is 1.11 bits per heavy atom. The molecule has 0 aromatic heterocycles. The Morgan fingerprint density at radius 2 is 1.84 bits per heavy atom. The van der Waals surface area contributed by atoms with E-state index in [2.05, 4.69) is 0 Å². The quantitative estimate of drug-likeness (QED) is 0.695. The molecule has 0 atom stereocenters. The first-order valence-electron chi connectivity index (χ1n) is 5.71. The maximum atomic E-state index is 12.3. The number of carbonyl (C=O) groups is 1. The normalized spacial score (nSPS) is 10.5. The molecule has 0 bridgehead atoms. The summed E-state index contributed by atoms with van der Waals surface area (Å²) in [4.78, 5) is 12.3. The molecule has 0 unspecified atom stereocenters. The average Bonchev–Trinajstić information content (AvgIpc) is 2.34. The van der Waals surface area contributed by atoms with Crippen molar-refractivity contribution in [2.24, 2.45) is 0 Å². The second kappa shape index (κ2) is 5.96. The number of benzene rings is 2. The zero-order valence-corrected chi connectivity index (χ0v) is 12.5. The number of ketones is 1. The predicted molar refractivity (Wildman–Crippen MR) is 80.7 cm³/mol. The Balaban J connectivity index is 2.28. The Hall–Kier alpha value is -1.02. The molecule has 0 aliphatic rings. The van der Waals surface area contributed by atoms with E-state index in [0.29, 0.717) is 20.6 Å². The van der Waals surface area contributed by atoms with Gasteiger partial charge in [-0.2, -0.15) is 0 Å². The summed E-state index contributed by atoms with van der Waals surface area (Å²) in [6.07, 6.45) is 0.224. The molecule has 1 nitrogen and oxygen atoms in total. The highest BCUT2D eigenvalue weighted by atomic mass is 35.5. The van der Waals surface area contributed by atoms with Gasteiger partial charge in [0, 0.05) is 17.0 Å². The van der Waals surface area contributed by atoms with Crippen molar-refractivity contribution in [3.63, 3.8) is 0 Å². The van der Waals surface area contributed by atoms with Crippen molar-refractivity contribution >= 4 is 40.6 Å². The molecule has 2 aromatic carbocycles. The molecule has 98 valence electrons. The molecule has 0 spiro atoms. The summed E-state index contributed by atoms with van der Waals surface area (Å²) in [6.45, 7) is 1.86. The number of halogens is 3. The lowest BCUT2D eigenvalue weighted by Gasteiger charge is -2.07. The lowest BCUT2D eigenvalue weighted by molar-refractivity contribution is 0.0992. The highest BCUT2D eigenvalue weighted by Crippen LogP contribution is 2.27. The third-order valence-electron chi connectivity index (χ3n) is 2.87. The highest BCUT2D eigenvalue weighted by molar-refractivity contribution is 6.42. The Morgan fingerprint density at radius 3 is 2.53 bits per heavy atom. The molecule has 2 aromatic rings. The summed E-state index contributed by atoms with van der Waals surface area (Å²) in [6, 6.07) is 10.5. The van der Waals surface area contributed by atoms with E-state index in [1.54, 1.807) is 36.4 Å². The second-order valence-electron chi connectivity index (χ2n) is 4.27. The van der Waals surface area contributed by atoms with Crippen LogP contribution in [0.15, 0.2) is 36.4 Å². The number of aryl methyl sites for hydroxylation is 1. The van der Waals surface area contributed by atoms with Gasteiger partial charge in [-0.15, -0.1) is 0 Å². The van der Waals surface area contributed by atoms with Crippen LogP contribution in [0.3, 0.4) is 0 Å². The van der Waals surface area contributed by atoms with E-state index in [4.69, 9.17) is 34.8 Å². The van der Waals surface area contributed by atoms with Gasteiger partial charge in [-0.25, -0.2) is 0 Å². The number of rotatable bonds is 3. The van der Waals surface area contributed by atoms with Crippen LogP contribution in [-0.2, 0) is 6.42 Å². The summed E-state index contributed by atoms with van der Waals surface area (Å²) in [5.41, 5.74) is 2.24. The van der Waals surface area contributed by atoms with Crippen molar-refractivity contribution in [3.05, 3.63) is 68.2 Å². The fourth-order valence-electron chi connectivity index (χ4n) is 1.89. The highest BCUT2D eigenvalue weighted by Gasteiger charge is 2.13. The summed E-state index contributed by atoms with van der Waals surface area (Å²) >= 11 is 17.9. The van der Waals surface area contributed by atoms with Gasteiger partial charge >= 0.3 is 0 Å². The molecule has 0 saturated carbocycles. The Kier molecular flexibility index (Phi) is 4.51. The van der Waals surface area contributed by atoms with Crippen LogP contribution >= 0.6 is 34.8 Å². The number of hydrogen-bond acceptors (Lipinski definition) is 1. The van der Waals surface area contributed by atoms with Crippen LogP contribution in [0.25, 0.3) is 0 Å². The maximum absolute atomic E-state index is 12.3. The van der Waals surface area contributed by atoms with Crippen molar-refractivity contribution in [2.45, 2.75) is 13.3 Å². The van der Waals surface area contributed by atoms with Gasteiger partial charge in [-0.05, 0) is 42.3 Å². The molecule has 2 rings (SSSR count). The molecule has 0 saturated heterocycles. The fourth-order valence-corrected chi connectivity index (χ4v) is 2.51. The molecule has 0 N–H and O–H groups in total. The van der Waals surface area contributed by atoms with Crippen LogP contribution in [0.1, 0.15) is 21.5 Å². The molecule has 4 heteroatoms. The predicted octanol–water partition coefficient (Wildman–Crippen LogP) is 5.38. The first-order chi connectivity index (χ1) is 8.99. The third kappa shape index (κ3) is 3.30. The monoisotopic (exact) mass is 312 g/mol. The van der Waals surface area contributed by atoms with E-state index in [9.17, 15) is 4.79 Å². The molecule has 19 heavy (non-hydrogen) atoms. The van der Waals surface area contributed by atoms with Crippen LogP contribution < -0.4 is 0 Å². The minimum Gasteiger partial charge on any atom is -0.294 e. The number of hydrogen-bond donors (Lipinski definition) is 0. The van der Waals surface area contributed by atoms with E-state index in [1.165, 1.54) is 0 Å². The molecule has 0 heterocycles. The van der Waals surface area contributed by atoms with Crippen LogP contribution in [-0.4, -0.2) is 5.78 Å². The van der Waals surface area contributed by atoms with E-state index < -0.39 is 0 Å². The number of Topliss-reactive ketones (excluding diaryl/α,β-unsaturated/α-hetero) is 1. The molecular formula is C15H11Cl3O. The molecule has 0 amide bonds. The summed E-state index contributed by atoms with van der Waals surface area (Å²) < 4.78 is 0. The summed E-state index contributed by atoms with van der Waals surface area (Å²) in [7, 11) is 0.